The molecule has 0 bridgehead atoms. The Morgan fingerprint density at radius 1 is 1.33 bits per heavy atom. The average Bonchev–Trinajstić information content (AvgIpc) is 2.80. The number of nitrogens with two attached hydrogens (primary N) is 2. The molecule has 1 aromatic carbocycles. The average molecular weight is 455 g/mol. The molecular weight excluding hydrogens is 425 g/mol. The molecule has 2 aromatic rings. The van der Waals surface area contributed by atoms with Crippen LogP contribution in [0, 0.1) is 11.4 Å². The van der Waals surface area contributed by atoms with Crippen LogP contribution in [0.1, 0.15) is 18.4 Å². The first-order valence-electron chi connectivity index (χ1n) is 10.5. The third-order valence-electron chi connectivity index (χ3n) is 5.63. The van der Waals surface area contributed by atoms with E-state index in [0.717, 1.165) is 37.0 Å². The van der Waals surface area contributed by atoms with E-state index in [9.17, 15) is 9.18 Å². The number of primary amides is 1. The standard InChI is InChI=1S/C23H28FN7O2/c1-33-18-4-2-3-16(11-18)14-31-9-6-23(15-25,7-10-31)29-13-19(22(27)32)21(26)30-17-5-8-28-20(24)12-17/h2-5,8,11-13,15,25,29H,6-7,9-10,14H2,1H3,(H2,27,32)(H2,26,28,30)/p+1/b19-13+,25-15?. The van der Waals surface area contributed by atoms with Gasteiger partial charge in [-0.05, 0) is 30.5 Å². The number of nitrogens with zero attached hydrogens (tertiary/aromatic N) is 2. The van der Waals surface area contributed by atoms with Crippen LogP contribution >= 0.6 is 0 Å². The normalized spacial score (nSPS) is 16.8. The first kappa shape index (κ1) is 23.9. The van der Waals surface area contributed by atoms with Crippen LogP contribution in [0.25, 0.3) is 0 Å². The first-order valence-corrected chi connectivity index (χ1v) is 10.5. The lowest BCUT2D eigenvalue weighted by Gasteiger charge is -2.39. The van der Waals surface area contributed by atoms with Crippen LogP contribution in [-0.4, -0.2) is 53.6 Å². The molecule has 174 valence electrons. The van der Waals surface area contributed by atoms with E-state index in [1.807, 2.05) is 18.2 Å². The Labute approximate surface area is 191 Å². The second kappa shape index (κ2) is 10.7. The minimum Gasteiger partial charge on any atom is -0.497 e. The van der Waals surface area contributed by atoms with Gasteiger partial charge in [0.2, 0.25) is 5.95 Å². The van der Waals surface area contributed by atoms with Gasteiger partial charge in [0, 0.05) is 50.4 Å². The van der Waals surface area contributed by atoms with Crippen molar-refractivity contribution in [2.75, 3.05) is 20.2 Å². The van der Waals surface area contributed by atoms with E-state index in [4.69, 9.17) is 21.6 Å². The number of carbonyl (C=O) groups is 1. The van der Waals surface area contributed by atoms with Crippen molar-refractivity contribution < 1.29 is 18.9 Å². The maximum Gasteiger partial charge on any atom is 0.285 e. The highest BCUT2D eigenvalue weighted by atomic mass is 19.1. The monoisotopic (exact) mass is 454 g/mol. The highest BCUT2D eigenvalue weighted by Gasteiger charge is 2.32. The van der Waals surface area contributed by atoms with E-state index in [-0.39, 0.29) is 11.4 Å². The van der Waals surface area contributed by atoms with Gasteiger partial charge in [-0.1, -0.05) is 12.1 Å². The molecule has 10 heteroatoms. The molecule has 1 amide bonds. The molecular formula is C23H29FN7O2+. The predicted octanol–water partition coefficient (Wildman–Crippen LogP) is -0.0582. The fourth-order valence-corrected chi connectivity index (χ4v) is 3.67. The number of piperidine rings is 1. The first-order chi connectivity index (χ1) is 15.8. The minimum absolute atomic E-state index is 0.00672. The zero-order valence-corrected chi connectivity index (χ0v) is 18.5. The molecule has 3 rings (SSSR count). The second-order valence-corrected chi connectivity index (χ2v) is 7.90. The summed E-state index contributed by atoms with van der Waals surface area (Å²) < 4.78 is 18.6. The van der Waals surface area contributed by atoms with Crippen LogP contribution in [0.3, 0.4) is 0 Å². The summed E-state index contributed by atoms with van der Waals surface area (Å²) in [4.78, 5) is 20.5. The summed E-state index contributed by atoms with van der Waals surface area (Å²) in [6.45, 7) is 2.29. The molecule has 0 atom stereocenters. The van der Waals surface area contributed by atoms with Gasteiger partial charge in [-0.3, -0.25) is 15.4 Å². The van der Waals surface area contributed by atoms with E-state index in [1.54, 1.807) is 7.11 Å². The Morgan fingerprint density at radius 3 is 2.73 bits per heavy atom. The summed E-state index contributed by atoms with van der Waals surface area (Å²) in [6, 6.07) is 10.6. The lowest BCUT2D eigenvalue weighted by molar-refractivity contribution is -0.354. The van der Waals surface area contributed by atoms with Gasteiger partial charge < -0.3 is 21.2 Å². The molecule has 0 radical (unpaired) electrons. The Balaban J connectivity index is 1.68. The molecule has 0 saturated carbocycles. The lowest BCUT2D eigenvalue weighted by Crippen LogP contribution is -2.70. The third-order valence-corrected chi connectivity index (χ3v) is 5.63. The molecule has 33 heavy (non-hydrogen) atoms. The van der Waals surface area contributed by atoms with Crippen molar-refractivity contribution in [2.45, 2.75) is 24.9 Å². The predicted molar refractivity (Wildman–Crippen MR) is 123 cm³/mol. The topological polar surface area (TPSA) is 144 Å². The summed E-state index contributed by atoms with van der Waals surface area (Å²) in [5.74, 6) is -0.645. The molecule has 1 aromatic heterocycles. The Kier molecular flexibility index (Phi) is 7.73. The summed E-state index contributed by atoms with van der Waals surface area (Å²) in [5.41, 5.74) is 12.4. The Morgan fingerprint density at radius 2 is 2.09 bits per heavy atom. The molecule has 1 saturated heterocycles. The zero-order valence-electron chi connectivity index (χ0n) is 18.5. The number of pyridine rings is 1. The van der Waals surface area contributed by atoms with Crippen molar-refractivity contribution in [3.8, 4) is 5.75 Å². The Hall–Kier alpha value is -3.79. The van der Waals surface area contributed by atoms with Crippen molar-refractivity contribution in [1.82, 2.24) is 15.2 Å². The molecule has 0 unspecified atom stereocenters. The van der Waals surface area contributed by atoms with Gasteiger partial charge in [-0.15, -0.1) is 0 Å². The number of aromatic nitrogens is 1. The van der Waals surface area contributed by atoms with Gasteiger partial charge in [0.25, 0.3) is 11.7 Å². The number of nitrogens with one attached hydrogen (secondary N) is 3. The number of benzene rings is 1. The molecule has 1 fully saturated rings. The fraction of sp³-hybridized carbons (Fsp3) is 0.304. The summed E-state index contributed by atoms with van der Waals surface area (Å²) in [6.07, 6.45) is 5.37. The van der Waals surface area contributed by atoms with Gasteiger partial charge in [-0.2, -0.15) is 4.39 Å². The molecule has 7 N–H and O–H groups in total. The molecule has 2 heterocycles. The quantitative estimate of drug-likeness (QED) is 0.155. The van der Waals surface area contributed by atoms with E-state index >= 15 is 0 Å². The van der Waals surface area contributed by atoms with Gasteiger partial charge in [-0.25, -0.2) is 9.98 Å². The number of hydrogen-bond donors (Lipinski definition) is 5. The van der Waals surface area contributed by atoms with E-state index in [0.29, 0.717) is 18.5 Å². The lowest BCUT2D eigenvalue weighted by atomic mass is 9.88. The van der Waals surface area contributed by atoms with Crippen LogP contribution in [0.5, 0.6) is 5.75 Å². The number of amidine groups is 1. The van der Waals surface area contributed by atoms with Gasteiger partial charge >= 0.3 is 0 Å². The van der Waals surface area contributed by atoms with Crippen LogP contribution in [0.4, 0.5) is 10.1 Å². The van der Waals surface area contributed by atoms with Gasteiger partial charge in [0.05, 0.1) is 12.6 Å². The van der Waals surface area contributed by atoms with E-state index < -0.39 is 17.4 Å². The number of amides is 1. The zero-order chi connectivity index (χ0) is 23.8. The number of ether oxygens (including phenoxy) is 1. The van der Waals surface area contributed by atoms with Crippen molar-refractivity contribution in [3.63, 3.8) is 0 Å². The van der Waals surface area contributed by atoms with Gasteiger partial charge in [0.1, 0.15) is 17.0 Å². The maximum atomic E-state index is 13.3. The molecule has 9 nitrogen and oxygen atoms in total. The van der Waals surface area contributed by atoms with Crippen LogP contribution in [0.15, 0.2) is 54.4 Å². The maximum absolute atomic E-state index is 13.3. The summed E-state index contributed by atoms with van der Waals surface area (Å²) in [7, 11) is 1.65. The minimum atomic E-state index is -0.752. The van der Waals surface area contributed by atoms with Crippen LogP contribution in [-0.2, 0) is 11.3 Å². The Bertz CT molecular complexity index is 1060. The van der Waals surface area contributed by atoms with Crippen molar-refractivity contribution >= 4 is 23.6 Å². The molecule has 1 aliphatic heterocycles. The largest absolute Gasteiger partial charge is 0.497 e. The number of halogens is 1. The summed E-state index contributed by atoms with van der Waals surface area (Å²) in [5, 5.41) is 11.1. The summed E-state index contributed by atoms with van der Waals surface area (Å²) >= 11 is 0. The van der Waals surface area contributed by atoms with Gasteiger partial charge in [0.15, 0.2) is 0 Å². The number of hydrogen-bond acceptors (Lipinski definition) is 6. The highest BCUT2D eigenvalue weighted by molar-refractivity contribution is 6.17. The fourth-order valence-electron chi connectivity index (χ4n) is 3.67. The SMILES string of the molecule is COc1cccc(CN2CCC(C=N)(N/C=C(/C(N)=O)C(N)=[NH+]c3ccnc(F)c3)CC2)c1. The number of methoxy groups -OCH3 is 1. The van der Waals surface area contributed by atoms with E-state index in [1.165, 1.54) is 24.7 Å². The highest BCUT2D eigenvalue weighted by Crippen LogP contribution is 2.23. The van der Waals surface area contributed by atoms with Crippen molar-refractivity contribution in [2.24, 2.45) is 11.5 Å². The second-order valence-electron chi connectivity index (χ2n) is 7.90. The number of carbonyl (C=O) groups excluding carboxylic acids is 1. The molecule has 1 aliphatic rings. The molecule has 0 spiro atoms. The van der Waals surface area contributed by atoms with Crippen LogP contribution in [0.2, 0.25) is 0 Å². The number of rotatable bonds is 9. The smallest absolute Gasteiger partial charge is 0.285 e. The molecule has 0 aliphatic carbocycles. The number of likely N-dealkylation sites (tertiary alicyclic amines) is 1. The van der Waals surface area contributed by atoms with Crippen LogP contribution < -0.4 is 26.5 Å². The van der Waals surface area contributed by atoms with Crippen molar-refractivity contribution in [3.05, 3.63) is 65.9 Å². The van der Waals surface area contributed by atoms with Crippen molar-refractivity contribution in [1.29, 1.82) is 5.41 Å². The van der Waals surface area contributed by atoms with E-state index in [2.05, 4.69) is 26.3 Å². The third kappa shape index (κ3) is 6.36.